The minimum absolute atomic E-state index is 0.418. The predicted octanol–water partition coefficient (Wildman–Crippen LogP) is 3.50. The molecule has 0 atom stereocenters. The lowest BCUT2D eigenvalue weighted by Gasteiger charge is -1.99. The zero-order valence-electron chi connectivity index (χ0n) is 10.6. The second-order valence-electron chi connectivity index (χ2n) is 3.51. The highest BCUT2D eigenvalue weighted by molar-refractivity contribution is 7.18. The molecule has 0 spiro atoms. The van der Waals surface area contributed by atoms with Gasteiger partial charge in [0.15, 0.2) is 0 Å². The van der Waals surface area contributed by atoms with E-state index in [0.717, 1.165) is 21.3 Å². The fourth-order valence-corrected chi connectivity index (χ4v) is 2.20. The summed E-state index contributed by atoms with van der Waals surface area (Å²) in [6.45, 7) is 4.00. The van der Waals surface area contributed by atoms with Crippen LogP contribution in [-0.4, -0.2) is 15.2 Å². The van der Waals surface area contributed by atoms with Crippen molar-refractivity contribution in [2.24, 2.45) is 0 Å². The second kappa shape index (κ2) is 5.71. The summed E-state index contributed by atoms with van der Waals surface area (Å²) in [5.41, 5.74) is 6.40. The Labute approximate surface area is 114 Å². The Bertz CT molecular complexity index is 696. The Balaban J connectivity index is 0.000000637. The highest BCUT2D eigenvalue weighted by Crippen LogP contribution is 2.27. The van der Waals surface area contributed by atoms with Crippen LogP contribution in [0.4, 0.5) is 9.52 Å². The van der Waals surface area contributed by atoms with Gasteiger partial charge in [-0.15, -0.1) is 10.2 Å². The molecule has 0 aliphatic carbocycles. The maximum Gasteiger partial charge on any atom is 0.213 e. The van der Waals surface area contributed by atoms with Gasteiger partial charge in [-0.05, 0) is 11.5 Å². The molecule has 2 aromatic heterocycles. The molecule has 0 radical (unpaired) electrons. The molecule has 19 heavy (non-hydrogen) atoms. The summed E-state index contributed by atoms with van der Waals surface area (Å²) >= 11 is 1.30. The summed E-state index contributed by atoms with van der Waals surface area (Å²) in [6, 6.07) is 7.00. The number of hydrogen-bond acceptors (Lipinski definition) is 5. The van der Waals surface area contributed by atoms with E-state index in [4.69, 9.17) is 5.73 Å². The molecule has 0 saturated carbocycles. The van der Waals surface area contributed by atoms with Gasteiger partial charge in [0.2, 0.25) is 11.1 Å². The van der Waals surface area contributed by atoms with E-state index in [1.165, 1.54) is 23.6 Å². The molecule has 6 heteroatoms. The number of aromatic nitrogens is 3. The monoisotopic (exact) mass is 276 g/mol. The molecule has 3 aromatic rings. The van der Waals surface area contributed by atoms with Crippen LogP contribution in [0.1, 0.15) is 13.8 Å². The third-order valence-corrected chi connectivity index (χ3v) is 3.18. The van der Waals surface area contributed by atoms with E-state index in [9.17, 15) is 4.39 Å². The van der Waals surface area contributed by atoms with Crippen LogP contribution in [0.15, 0.2) is 30.5 Å². The number of rotatable bonds is 1. The van der Waals surface area contributed by atoms with Crippen molar-refractivity contribution in [1.29, 1.82) is 0 Å². The fraction of sp³-hybridized carbons (Fsp3) is 0.154. The molecule has 0 saturated heterocycles. The van der Waals surface area contributed by atoms with Crippen LogP contribution < -0.4 is 5.73 Å². The molecule has 2 heterocycles. The van der Waals surface area contributed by atoms with Crippen LogP contribution in [0, 0.1) is 5.95 Å². The Kier molecular flexibility index (Phi) is 4.01. The van der Waals surface area contributed by atoms with Crippen molar-refractivity contribution in [3.05, 3.63) is 36.4 Å². The number of benzene rings is 1. The number of pyridine rings is 1. The van der Waals surface area contributed by atoms with Crippen molar-refractivity contribution < 1.29 is 4.39 Å². The molecule has 0 bridgehead atoms. The van der Waals surface area contributed by atoms with Crippen molar-refractivity contribution in [1.82, 2.24) is 15.2 Å². The molecule has 4 nitrogen and oxygen atoms in total. The van der Waals surface area contributed by atoms with Gasteiger partial charge in [0, 0.05) is 23.2 Å². The smallest absolute Gasteiger partial charge is 0.213 e. The predicted molar refractivity (Wildman–Crippen MR) is 76.4 cm³/mol. The van der Waals surface area contributed by atoms with Gasteiger partial charge in [-0.1, -0.05) is 37.3 Å². The van der Waals surface area contributed by atoms with E-state index in [0.29, 0.717) is 5.13 Å². The first-order chi connectivity index (χ1) is 9.22. The molecule has 2 N–H and O–H groups in total. The molecule has 98 valence electrons. The molecular formula is C13H13FN4S. The number of nitrogens with zero attached hydrogens (tertiary/aromatic N) is 3. The van der Waals surface area contributed by atoms with Crippen molar-refractivity contribution >= 4 is 27.2 Å². The van der Waals surface area contributed by atoms with Gasteiger partial charge >= 0.3 is 0 Å². The molecule has 3 rings (SSSR count). The summed E-state index contributed by atoms with van der Waals surface area (Å²) in [5, 5.41) is 10.5. The zero-order chi connectivity index (χ0) is 13.8. The molecular weight excluding hydrogens is 263 g/mol. The third kappa shape index (κ3) is 2.85. The van der Waals surface area contributed by atoms with E-state index >= 15 is 0 Å². The van der Waals surface area contributed by atoms with Gasteiger partial charge < -0.3 is 5.73 Å². The Hall–Kier alpha value is -2.08. The number of nitrogens with two attached hydrogens (primary N) is 1. The van der Waals surface area contributed by atoms with E-state index in [2.05, 4.69) is 15.2 Å². The van der Waals surface area contributed by atoms with Crippen LogP contribution in [0.5, 0.6) is 0 Å². The van der Waals surface area contributed by atoms with Gasteiger partial charge in [0.05, 0.1) is 0 Å². The Morgan fingerprint density at radius 1 is 1.11 bits per heavy atom. The quantitative estimate of drug-likeness (QED) is 0.691. The van der Waals surface area contributed by atoms with Crippen molar-refractivity contribution in [3.63, 3.8) is 0 Å². The molecule has 1 aromatic carbocycles. The van der Waals surface area contributed by atoms with Crippen LogP contribution in [0.2, 0.25) is 0 Å². The summed E-state index contributed by atoms with van der Waals surface area (Å²) in [4.78, 5) is 3.60. The number of fused-ring (bicyclic) bond motifs is 1. The zero-order valence-corrected chi connectivity index (χ0v) is 11.4. The highest BCUT2D eigenvalue weighted by Gasteiger charge is 2.06. The van der Waals surface area contributed by atoms with Gasteiger partial charge in [-0.2, -0.15) is 4.39 Å². The normalized spacial score (nSPS) is 10.1. The SMILES string of the molecule is CC.Nc1nnc(-c2ccc3cnc(F)cc3c2)s1. The van der Waals surface area contributed by atoms with Crippen LogP contribution in [0.3, 0.4) is 0 Å². The average Bonchev–Trinajstić information content (AvgIpc) is 2.87. The highest BCUT2D eigenvalue weighted by atomic mass is 32.1. The number of halogens is 1. The first-order valence-electron chi connectivity index (χ1n) is 5.87. The lowest BCUT2D eigenvalue weighted by Crippen LogP contribution is -1.83. The minimum Gasteiger partial charge on any atom is -0.374 e. The van der Waals surface area contributed by atoms with E-state index in [1.807, 2.05) is 32.0 Å². The summed E-state index contributed by atoms with van der Waals surface area (Å²) < 4.78 is 13.0. The summed E-state index contributed by atoms with van der Waals surface area (Å²) in [7, 11) is 0. The number of nitrogen functional groups attached to an aromatic ring is 1. The number of anilines is 1. The third-order valence-electron chi connectivity index (χ3n) is 2.38. The fourth-order valence-electron chi connectivity index (χ4n) is 1.60. The van der Waals surface area contributed by atoms with Gasteiger partial charge in [-0.25, -0.2) is 4.98 Å². The van der Waals surface area contributed by atoms with Crippen molar-refractivity contribution in [2.45, 2.75) is 13.8 Å². The van der Waals surface area contributed by atoms with Gasteiger partial charge in [0.1, 0.15) is 5.01 Å². The largest absolute Gasteiger partial charge is 0.374 e. The maximum atomic E-state index is 13.0. The Morgan fingerprint density at radius 2 is 1.89 bits per heavy atom. The van der Waals surface area contributed by atoms with Crippen LogP contribution in [-0.2, 0) is 0 Å². The van der Waals surface area contributed by atoms with E-state index in [-0.39, 0.29) is 0 Å². The summed E-state index contributed by atoms with van der Waals surface area (Å²) in [6.07, 6.45) is 1.50. The lowest BCUT2D eigenvalue weighted by atomic mass is 10.1. The second-order valence-corrected chi connectivity index (χ2v) is 4.52. The van der Waals surface area contributed by atoms with E-state index in [1.54, 1.807) is 0 Å². The van der Waals surface area contributed by atoms with Gasteiger partial charge in [0.25, 0.3) is 0 Å². The number of hydrogen-bond donors (Lipinski definition) is 1. The first-order valence-corrected chi connectivity index (χ1v) is 6.69. The van der Waals surface area contributed by atoms with Crippen LogP contribution in [0.25, 0.3) is 21.3 Å². The molecule has 0 fully saturated rings. The van der Waals surface area contributed by atoms with Crippen LogP contribution >= 0.6 is 11.3 Å². The summed E-state index contributed by atoms with van der Waals surface area (Å²) in [5.74, 6) is -0.494. The molecule has 0 unspecified atom stereocenters. The van der Waals surface area contributed by atoms with Crippen molar-refractivity contribution in [3.8, 4) is 10.6 Å². The van der Waals surface area contributed by atoms with Gasteiger partial charge in [-0.3, -0.25) is 0 Å². The van der Waals surface area contributed by atoms with Crippen molar-refractivity contribution in [2.75, 3.05) is 5.73 Å². The Morgan fingerprint density at radius 3 is 2.58 bits per heavy atom. The first kappa shape index (κ1) is 13.4. The molecule has 0 amide bonds. The minimum atomic E-state index is -0.494. The van der Waals surface area contributed by atoms with E-state index < -0.39 is 5.95 Å². The standard InChI is InChI=1S/C11H7FN4S.C2H6/c12-9-4-8-3-6(1-2-7(8)5-14-9)10-15-16-11(13)17-10;1-2/h1-5H,(H2,13,16);1-2H3. The topological polar surface area (TPSA) is 64.7 Å². The molecule has 0 aliphatic rings. The average molecular weight is 276 g/mol. The molecule has 0 aliphatic heterocycles. The maximum absolute atomic E-state index is 13.0. The lowest BCUT2D eigenvalue weighted by molar-refractivity contribution is 0.586.